The van der Waals surface area contributed by atoms with Crippen molar-refractivity contribution in [1.29, 1.82) is 10.5 Å². The van der Waals surface area contributed by atoms with E-state index in [2.05, 4.69) is 6.07 Å². The van der Waals surface area contributed by atoms with Crippen LogP contribution < -0.4 is 0 Å². The Morgan fingerprint density at radius 3 is 2.22 bits per heavy atom. The maximum absolute atomic E-state index is 12.5. The SMILES string of the molecule is N#CC=C[C@H]1CC[C@H](OC(=O)[C@H]2CC[C@H](c3ccc(C#N)cc3)CC2)CC1. The second-order valence-electron chi connectivity index (χ2n) is 7.74. The second-order valence-corrected chi connectivity index (χ2v) is 7.74. The molecule has 0 heterocycles. The van der Waals surface area contributed by atoms with Crippen LogP contribution in [-0.2, 0) is 9.53 Å². The van der Waals surface area contributed by atoms with Gasteiger partial charge in [0.15, 0.2) is 0 Å². The van der Waals surface area contributed by atoms with Crippen molar-refractivity contribution in [2.75, 3.05) is 0 Å². The van der Waals surface area contributed by atoms with Gasteiger partial charge in [-0.1, -0.05) is 18.2 Å². The van der Waals surface area contributed by atoms with Gasteiger partial charge in [-0.15, -0.1) is 0 Å². The maximum atomic E-state index is 12.5. The first-order valence-corrected chi connectivity index (χ1v) is 9.96. The molecule has 0 aliphatic heterocycles. The molecule has 0 bridgehead atoms. The summed E-state index contributed by atoms with van der Waals surface area (Å²) in [5.74, 6) is 0.923. The smallest absolute Gasteiger partial charge is 0.309 e. The number of carbonyl (C=O) groups is 1. The summed E-state index contributed by atoms with van der Waals surface area (Å²) in [6, 6.07) is 12.0. The summed E-state index contributed by atoms with van der Waals surface area (Å²) >= 11 is 0. The summed E-state index contributed by atoms with van der Waals surface area (Å²) in [5, 5.41) is 17.5. The summed E-state index contributed by atoms with van der Waals surface area (Å²) in [5.41, 5.74) is 1.96. The first-order chi connectivity index (χ1) is 13.2. The molecule has 4 heteroatoms. The van der Waals surface area contributed by atoms with Gasteiger partial charge in [-0.25, -0.2) is 0 Å². The molecule has 4 nitrogen and oxygen atoms in total. The van der Waals surface area contributed by atoms with Gasteiger partial charge in [0.2, 0.25) is 0 Å². The maximum Gasteiger partial charge on any atom is 0.309 e. The van der Waals surface area contributed by atoms with E-state index in [0.29, 0.717) is 17.4 Å². The monoisotopic (exact) mass is 362 g/mol. The Kier molecular flexibility index (Phi) is 6.66. The molecule has 0 atom stereocenters. The number of carbonyl (C=O) groups excluding carboxylic acids is 1. The van der Waals surface area contributed by atoms with Crippen LogP contribution in [0.1, 0.15) is 68.4 Å². The number of rotatable bonds is 4. The average molecular weight is 362 g/mol. The third kappa shape index (κ3) is 5.20. The highest BCUT2D eigenvalue weighted by Gasteiger charge is 2.30. The lowest BCUT2D eigenvalue weighted by atomic mass is 9.78. The molecule has 2 fully saturated rings. The average Bonchev–Trinajstić information content (AvgIpc) is 2.73. The van der Waals surface area contributed by atoms with Gasteiger partial charge in [0.25, 0.3) is 0 Å². The van der Waals surface area contributed by atoms with Crippen LogP contribution in [0.4, 0.5) is 0 Å². The molecular formula is C23H26N2O2. The molecule has 3 rings (SSSR count). The molecule has 27 heavy (non-hydrogen) atoms. The van der Waals surface area contributed by atoms with E-state index in [1.807, 2.05) is 36.4 Å². The lowest BCUT2D eigenvalue weighted by Crippen LogP contribution is -2.29. The van der Waals surface area contributed by atoms with Gasteiger partial charge in [-0.2, -0.15) is 10.5 Å². The molecule has 0 N–H and O–H groups in total. The predicted octanol–water partition coefficient (Wildman–Crippen LogP) is 5.01. The summed E-state index contributed by atoms with van der Waals surface area (Å²) < 4.78 is 5.79. The van der Waals surface area contributed by atoms with Gasteiger partial charge < -0.3 is 4.74 Å². The van der Waals surface area contributed by atoms with Crippen molar-refractivity contribution in [3.8, 4) is 12.1 Å². The van der Waals surface area contributed by atoms with Crippen LogP contribution in [0.5, 0.6) is 0 Å². The molecule has 0 saturated heterocycles. The zero-order valence-electron chi connectivity index (χ0n) is 15.6. The van der Waals surface area contributed by atoms with E-state index in [0.717, 1.165) is 51.4 Å². The summed E-state index contributed by atoms with van der Waals surface area (Å²) in [4.78, 5) is 12.5. The molecule has 1 aromatic carbocycles. The molecule has 0 aromatic heterocycles. The van der Waals surface area contributed by atoms with Crippen molar-refractivity contribution in [2.24, 2.45) is 11.8 Å². The van der Waals surface area contributed by atoms with Crippen LogP contribution in [0, 0.1) is 34.5 Å². The number of nitriles is 2. The first kappa shape index (κ1) is 19.2. The van der Waals surface area contributed by atoms with Crippen LogP contribution in [0.25, 0.3) is 0 Å². The van der Waals surface area contributed by atoms with Gasteiger partial charge in [0.05, 0.1) is 23.6 Å². The molecule has 2 saturated carbocycles. The molecule has 1 aromatic rings. The van der Waals surface area contributed by atoms with Crippen LogP contribution in [0.2, 0.25) is 0 Å². The third-order valence-corrected chi connectivity index (χ3v) is 6.02. The van der Waals surface area contributed by atoms with Crippen LogP contribution in [0.3, 0.4) is 0 Å². The van der Waals surface area contributed by atoms with Crippen molar-refractivity contribution < 1.29 is 9.53 Å². The lowest BCUT2D eigenvalue weighted by Gasteiger charge is -2.31. The van der Waals surface area contributed by atoms with E-state index >= 15 is 0 Å². The number of hydrogen-bond donors (Lipinski definition) is 0. The zero-order chi connectivity index (χ0) is 19.1. The van der Waals surface area contributed by atoms with E-state index in [4.69, 9.17) is 15.3 Å². The quantitative estimate of drug-likeness (QED) is 0.557. The van der Waals surface area contributed by atoms with E-state index in [1.165, 1.54) is 5.56 Å². The molecule has 0 spiro atoms. The summed E-state index contributed by atoms with van der Waals surface area (Å²) in [7, 11) is 0. The minimum absolute atomic E-state index is 0.0238. The minimum atomic E-state index is -0.0238. The minimum Gasteiger partial charge on any atom is -0.462 e. The molecular weight excluding hydrogens is 336 g/mol. The topological polar surface area (TPSA) is 73.9 Å². The van der Waals surface area contributed by atoms with E-state index in [9.17, 15) is 4.79 Å². The Bertz CT molecular complexity index is 738. The highest BCUT2D eigenvalue weighted by molar-refractivity contribution is 5.72. The second kappa shape index (κ2) is 9.38. The fraction of sp³-hybridized carbons (Fsp3) is 0.522. The largest absolute Gasteiger partial charge is 0.462 e. The van der Waals surface area contributed by atoms with Gasteiger partial charge in [0.1, 0.15) is 6.10 Å². The van der Waals surface area contributed by atoms with E-state index in [1.54, 1.807) is 6.08 Å². The Morgan fingerprint density at radius 1 is 0.963 bits per heavy atom. The van der Waals surface area contributed by atoms with E-state index < -0.39 is 0 Å². The van der Waals surface area contributed by atoms with Crippen LogP contribution in [0.15, 0.2) is 36.4 Å². The van der Waals surface area contributed by atoms with Crippen molar-refractivity contribution >= 4 is 5.97 Å². The Labute approximate surface area is 161 Å². The molecule has 0 amide bonds. The van der Waals surface area contributed by atoms with Crippen molar-refractivity contribution in [2.45, 2.75) is 63.4 Å². The number of benzene rings is 1. The molecule has 2 aliphatic carbocycles. The van der Waals surface area contributed by atoms with Crippen molar-refractivity contribution in [1.82, 2.24) is 0 Å². The predicted molar refractivity (Wildman–Crippen MR) is 102 cm³/mol. The van der Waals surface area contributed by atoms with Crippen LogP contribution >= 0.6 is 0 Å². The standard InChI is InChI=1S/C23H26N2O2/c24-15-1-2-17-5-13-22(14-6-17)27-23(26)21-11-9-20(10-12-21)19-7-3-18(16-25)4-8-19/h1-4,7-8,17,20-22H,5-6,9-14H2/t17-,20-,21-,22-. The normalized spacial score (nSPS) is 28.2. The lowest BCUT2D eigenvalue weighted by molar-refractivity contribution is -0.157. The molecule has 140 valence electrons. The summed E-state index contributed by atoms with van der Waals surface area (Å²) in [6.45, 7) is 0. The zero-order valence-corrected chi connectivity index (χ0v) is 15.6. The Hall–Kier alpha value is -2.59. The van der Waals surface area contributed by atoms with Gasteiger partial charge in [-0.3, -0.25) is 4.79 Å². The van der Waals surface area contributed by atoms with Crippen molar-refractivity contribution in [3.05, 3.63) is 47.5 Å². The summed E-state index contributed by atoms with van der Waals surface area (Å²) in [6.07, 6.45) is 11.1. The fourth-order valence-corrected chi connectivity index (χ4v) is 4.33. The highest BCUT2D eigenvalue weighted by Crippen LogP contribution is 2.37. The van der Waals surface area contributed by atoms with Gasteiger partial charge in [0, 0.05) is 6.08 Å². The number of hydrogen-bond acceptors (Lipinski definition) is 4. The number of esters is 1. The van der Waals surface area contributed by atoms with Gasteiger partial charge >= 0.3 is 5.97 Å². The number of allylic oxidation sites excluding steroid dienone is 2. The van der Waals surface area contributed by atoms with Crippen LogP contribution in [-0.4, -0.2) is 12.1 Å². The fourth-order valence-electron chi connectivity index (χ4n) is 4.33. The molecule has 0 unspecified atom stereocenters. The highest BCUT2D eigenvalue weighted by atomic mass is 16.5. The third-order valence-electron chi connectivity index (χ3n) is 6.02. The first-order valence-electron chi connectivity index (χ1n) is 9.96. The van der Waals surface area contributed by atoms with Crippen molar-refractivity contribution in [3.63, 3.8) is 0 Å². The van der Waals surface area contributed by atoms with E-state index in [-0.39, 0.29) is 18.0 Å². The molecule has 0 radical (unpaired) electrons. The Balaban J connectivity index is 1.43. The number of nitrogens with zero attached hydrogens (tertiary/aromatic N) is 2. The molecule has 2 aliphatic rings. The Morgan fingerprint density at radius 2 is 1.63 bits per heavy atom. The number of ether oxygens (including phenoxy) is 1. The van der Waals surface area contributed by atoms with Gasteiger partial charge in [-0.05, 0) is 80.9 Å².